The van der Waals surface area contributed by atoms with Crippen LogP contribution >= 0.6 is 11.3 Å². The van der Waals surface area contributed by atoms with Gasteiger partial charge in [0.15, 0.2) is 0 Å². The molecule has 0 spiro atoms. The Morgan fingerprint density at radius 1 is 1.07 bits per heavy atom. The summed E-state index contributed by atoms with van der Waals surface area (Å²) in [7, 11) is -1.92. The molecule has 0 atom stereocenters. The second kappa shape index (κ2) is 9.88. The van der Waals surface area contributed by atoms with Gasteiger partial charge in [-0.05, 0) is 60.3 Å². The van der Waals surface area contributed by atoms with Crippen molar-refractivity contribution in [2.24, 2.45) is 0 Å². The Kier molecular flexibility index (Phi) is 7.25. The number of carbonyl (C=O) groups is 1. The van der Waals surface area contributed by atoms with E-state index in [1.807, 2.05) is 48.7 Å². The molecule has 3 rings (SSSR count). The monoisotopic (exact) mass is 444 g/mol. The van der Waals surface area contributed by atoms with Crippen LogP contribution < -0.4 is 9.46 Å². The van der Waals surface area contributed by atoms with Crippen LogP contribution in [0, 0.1) is 0 Å². The molecule has 3 aromatic rings. The maximum Gasteiger partial charge on any atom is 0.253 e. The number of nitrogens with zero attached hydrogens (tertiary/aromatic N) is 1. The predicted octanol–water partition coefficient (Wildman–Crippen LogP) is 3.90. The van der Waals surface area contributed by atoms with Crippen molar-refractivity contribution in [3.8, 4) is 5.75 Å². The minimum Gasteiger partial charge on any atom is -0.494 e. The zero-order chi connectivity index (χ0) is 21.6. The van der Waals surface area contributed by atoms with E-state index >= 15 is 0 Å². The standard InChI is InChI=1S/C22H24N2O4S2/c1-3-28-19-10-6-17(7-11-19)16-24(2)22(25)18-8-12-21(13-9-18)30(26,27)23-15-20-5-4-14-29-20/h4-14,23H,3,15-16H2,1-2H3. The summed E-state index contributed by atoms with van der Waals surface area (Å²) in [6.45, 7) is 3.21. The van der Waals surface area contributed by atoms with Crippen LogP contribution in [0.15, 0.2) is 70.9 Å². The van der Waals surface area contributed by atoms with E-state index in [0.29, 0.717) is 18.7 Å². The second-order valence-corrected chi connectivity index (χ2v) is 9.47. The molecule has 2 aromatic carbocycles. The van der Waals surface area contributed by atoms with E-state index in [2.05, 4.69) is 4.72 Å². The number of thiophene rings is 1. The largest absolute Gasteiger partial charge is 0.494 e. The fraction of sp³-hybridized carbons (Fsp3) is 0.227. The van der Waals surface area contributed by atoms with Gasteiger partial charge < -0.3 is 9.64 Å². The highest BCUT2D eigenvalue weighted by molar-refractivity contribution is 7.89. The van der Waals surface area contributed by atoms with E-state index in [4.69, 9.17) is 4.74 Å². The van der Waals surface area contributed by atoms with E-state index in [9.17, 15) is 13.2 Å². The molecule has 158 valence electrons. The number of nitrogens with one attached hydrogen (secondary N) is 1. The van der Waals surface area contributed by atoms with Gasteiger partial charge in [-0.25, -0.2) is 13.1 Å². The third kappa shape index (κ3) is 5.69. The highest BCUT2D eigenvalue weighted by atomic mass is 32.2. The van der Waals surface area contributed by atoms with Gasteiger partial charge in [-0.3, -0.25) is 4.79 Å². The van der Waals surface area contributed by atoms with Crippen molar-refractivity contribution in [1.29, 1.82) is 0 Å². The molecule has 0 bridgehead atoms. The Hall–Kier alpha value is -2.68. The normalized spacial score (nSPS) is 11.3. The highest BCUT2D eigenvalue weighted by Crippen LogP contribution is 2.16. The summed E-state index contributed by atoms with van der Waals surface area (Å²) in [5.41, 5.74) is 1.41. The molecule has 0 unspecified atom stereocenters. The Balaban J connectivity index is 1.62. The van der Waals surface area contributed by atoms with Gasteiger partial charge in [-0.15, -0.1) is 11.3 Å². The van der Waals surface area contributed by atoms with Crippen molar-refractivity contribution < 1.29 is 17.9 Å². The fourth-order valence-electron chi connectivity index (χ4n) is 2.86. The maximum atomic E-state index is 12.7. The molecular weight excluding hydrogens is 420 g/mol. The Bertz CT molecular complexity index is 1060. The average molecular weight is 445 g/mol. The van der Waals surface area contributed by atoms with Gasteiger partial charge in [-0.2, -0.15) is 0 Å². The molecule has 0 aliphatic heterocycles. The van der Waals surface area contributed by atoms with Crippen molar-refractivity contribution in [1.82, 2.24) is 9.62 Å². The third-order valence-corrected chi connectivity index (χ3v) is 6.72. The molecule has 1 amide bonds. The number of sulfonamides is 1. The molecule has 1 N–H and O–H groups in total. The second-order valence-electron chi connectivity index (χ2n) is 6.67. The highest BCUT2D eigenvalue weighted by Gasteiger charge is 2.17. The van der Waals surface area contributed by atoms with Gasteiger partial charge >= 0.3 is 0 Å². The molecule has 1 aromatic heterocycles. The molecule has 0 radical (unpaired) electrons. The number of hydrogen-bond donors (Lipinski definition) is 1. The van der Waals surface area contributed by atoms with Crippen molar-refractivity contribution in [3.05, 3.63) is 82.0 Å². The lowest BCUT2D eigenvalue weighted by molar-refractivity contribution is 0.0785. The number of carbonyl (C=O) groups excluding carboxylic acids is 1. The van der Waals surface area contributed by atoms with Crippen molar-refractivity contribution in [3.63, 3.8) is 0 Å². The van der Waals surface area contributed by atoms with E-state index in [-0.39, 0.29) is 17.3 Å². The summed E-state index contributed by atoms with van der Waals surface area (Å²) in [6, 6.07) is 17.3. The summed E-state index contributed by atoms with van der Waals surface area (Å²) in [6.07, 6.45) is 0. The molecule has 0 saturated heterocycles. The van der Waals surface area contributed by atoms with E-state index in [0.717, 1.165) is 16.2 Å². The predicted molar refractivity (Wildman–Crippen MR) is 118 cm³/mol. The van der Waals surface area contributed by atoms with Gasteiger partial charge in [0.2, 0.25) is 10.0 Å². The first-order valence-electron chi connectivity index (χ1n) is 9.48. The van der Waals surface area contributed by atoms with Gasteiger partial charge in [0.05, 0.1) is 11.5 Å². The van der Waals surface area contributed by atoms with Crippen LogP contribution in [0.25, 0.3) is 0 Å². The van der Waals surface area contributed by atoms with Crippen LogP contribution in [0.1, 0.15) is 27.7 Å². The van der Waals surface area contributed by atoms with E-state index in [1.54, 1.807) is 11.9 Å². The lowest BCUT2D eigenvalue weighted by Gasteiger charge is -2.18. The van der Waals surface area contributed by atoms with Crippen LogP contribution in [0.4, 0.5) is 0 Å². The maximum absolute atomic E-state index is 12.7. The molecule has 1 heterocycles. The summed E-state index contributed by atoms with van der Waals surface area (Å²) in [4.78, 5) is 15.4. The first kappa shape index (κ1) is 22.0. The number of amides is 1. The Labute approximate surface area is 181 Å². The van der Waals surface area contributed by atoms with Gasteiger partial charge in [0, 0.05) is 30.6 Å². The molecule has 0 saturated carbocycles. The van der Waals surface area contributed by atoms with Crippen molar-refractivity contribution in [2.45, 2.75) is 24.9 Å². The quantitative estimate of drug-likeness (QED) is 0.543. The molecular formula is C22H24N2O4S2. The van der Waals surface area contributed by atoms with Crippen LogP contribution in [-0.2, 0) is 23.1 Å². The van der Waals surface area contributed by atoms with Gasteiger partial charge in [-0.1, -0.05) is 18.2 Å². The fourth-order valence-corrected chi connectivity index (χ4v) is 4.61. The van der Waals surface area contributed by atoms with Crippen LogP contribution in [0.5, 0.6) is 5.75 Å². The van der Waals surface area contributed by atoms with Crippen molar-refractivity contribution >= 4 is 27.3 Å². The van der Waals surface area contributed by atoms with Crippen LogP contribution in [0.3, 0.4) is 0 Å². The van der Waals surface area contributed by atoms with E-state index in [1.165, 1.54) is 35.6 Å². The summed E-state index contributed by atoms with van der Waals surface area (Å²) < 4.78 is 32.9. The minimum atomic E-state index is -3.64. The molecule has 30 heavy (non-hydrogen) atoms. The van der Waals surface area contributed by atoms with Crippen molar-refractivity contribution in [2.75, 3.05) is 13.7 Å². The summed E-state index contributed by atoms with van der Waals surface area (Å²) in [5.74, 6) is 0.610. The van der Waals surface area contributed by atoms with Gasteiger partial charge in [0.25, 0.3) is 5.91 Å². The zero-order valence-corrected chi connectivity index (χ0v) is 18.5. The van der Waals surface area contributed by atoms with Gasteiger partial charge in [0.1, 0.15) is 5.75 Å². The number of benzene rings is 2. The molecule has 6 nitrogen and oxygen atoms in total. The third-order valence-electron chi connectivity index (χ3n) is 4.43. The van der Waals surface area contributed by atoms with Crippen LogP contribution in [0.2, 0.25) is 0 Å². The topological polar surface area (TPSA) is 75.7 Å². The Morgan fingerprint density at radius 3 is 2.37 bits per heavy atom. The molecule has 0 aliphatic carbocycles. The van der Waals surface area contributed by atoms with Crippen LogP contribution in [-0.4, -0.2) is 32.9 Å². The number of ether oxygens (including phenoxy) is 1. The number of hydrogen-bond acceptors (Lipinski definition) is 5. The zero-order valence-electron chi connectivity index (χ0n) is 16.9. The number of rotatable bonds is 9. The molecule has 0 fully saturated rings. The van der Waals surface area contributed by atoms with E-state index < -0.39 is 10.0 Å². The lowest BCUT2D eigenvalue weighted by Crippen LogP contribution is -2.26. The SMILES string of the molecule is CCOc1ccc(CN(C)C(=O)c2ccc(S(=O)(=O)NCc3cccs3)cc2)cc1. The smallest absolute Gasteiger partial charge is 0.253 e. The summed E-state index contributed by atoms with van der Waals surface area (Å²) in [5, 5.41) is 1.90. The Morgan fingerprint density at radius 2 is 1.77 bits per heavy atom. The first-order chi connectivity index (χ1) is 14.4. The first-order valence-corrected chi connectivity index (χ1v) is 11.8. The minimum absolute atomic E-state index is 0.129. The molecule has 0 aliphatic rings. The molecule has 8 heteroatoms. The lowest BCUT2D eigenvalue weighted by atomic mass is 10.1. The summed E-state index contributed by atoms with van der Waals surface area (Å²) >= 11 is 1.49. The average Bonchev–Trinajstić information content (AvgIpc) is 3.27.